The summed E-state index contributed by atoms with van der Waals surface area (Å²) in [5.74, 6) is 0. The fraction of sp³-hybridized carbons (Fsp3) is 0.407. The standard InChI is InChI=1S/C27H34O4Si/c1-6-22(28)26-24(30-26)18-17-23-25(29-23)19(2)31-32(27(3,4)5,20-13-9-7-10-14-20)21-15-11-8-12-16-21/h6-19,22-26,28H,1H2,2-5H3/b18-17+/t19-,22-,23+,24+,25+,26+/m1/s1. The molecule has 2 heterocycles. The van der Waals surface area contributed by atoms with E-state index >= 15 is 0 Å². The average molecular weight is 451 g/mol. The van der Waals surface area contributed by atoms with Crippen LogP contribution in [0.15, 0.2) is 85.5 Å². The van der Waals surface area contributed by atoms with Crippen LogP contribution in [0.5, 0.6) is 0 Å². The zero-order chi connectivity index (χ0) is 22.9. The van der Waals surface area contributed by atoms with Crippen molar-refractivity contribution >= 4 is 18.7 Å². The summed E-state index contributed by atoms with van der Waals surface area (Å²) in [4.78, 5) is 0. The molecule has 0 amide bonds. The minimum absolute atomic E-state index is 0.00828. The highest BCUT2D eigenvalue weighted by atomic mass is 28.4. The van der Waals surface area contributed by atoms with Gasteiger partial charge in [-0.25, -0.2) is 0 Å². The zero-order valence-corrected chi connectivity index (χ0v) is 20.3. The molecule has 0 spiro atoms. The van der Waals surface area contributed by atoms with Gasteiger partial charge in [0, 0.05) is 0 Å². The van der Waals surface area contributed by atoms with Gasteiger partial charge in [-0.3, -0.25) is 0 Å². The lowest BCUT2D eigenvalue weighted by Crippen LogP contribution is -2.68. The predicted molar refractivity (Wildman–Crippen MR) is 131 cm³/mol. The van der Waals surface area contributed by atoms with Gasteiger partial charge >= 0.3 is 0 Å². The Labute approximate surface area is 192 Å². The summed E-state index contributed by atoms with van der Waals surface area (Å²) in [6, 6.07) is 21.3. The van der Waals surface area contributed by atoms with Crippen LogP contribution in [0.25, 0.3) is 0 Å². The number of hydrogen-bond acceptors (Lipinski definition) is 4. The van der Waals surface area contributed by atoms with E-state index in [4.69, 9.17) is 13.9 Å². The summed E-state index contributed by atoms with van der Waals surface area (Å²) in [6.07, 6.45) is 4.60. The van der Waals surface area contributed by atoms with Gasteiger partial charge in [0.2, 0.25) is 0 Å². The molecule has 0 aliphatic carbocycles. The van der Waals surface area contributed by atoms with E-state index in [2.05, 4.69) is 94.9 Å². The number of hydrogen-bond donors (Lipinski definition) is 1. The molecule has 1 N–H and O–H groups in total. The lowest BCUT2D eigenvalue weighted by molar-refractivity contribution is 0.164. The smallest absolute Gasteiger partial charge is 0.261 e. The molecule has 2 aromatic carbocycles. The first-order valence-corrected chi connectivity index (χ1v) is 13.3. The van der Waals surface area contributed by atoms with E-state index in [1.165, 1.54) is 16.4 Å². The Morgan fingerprint density at radius 3 is 1.84 bits per heavy atom. The van der Waals surface area contributed by atoms with E-state index in [0.29, 0.717) is 0 Å². The molecule has 0 bridgehead atoms. The molecule has 0 aromatic heterocycles. The van der Waals surface area contributed by atoms with Crippen molar-refractivity contribution in [1.82, 2.24) is 0 Å². The molecule has 2 aliphatic rings. The number of epoxide rings is 2. The number of ether oxygens (including phenoxy) is 2. The SMILES string of the molecule is C=C[C@@H](O)[C@@H]1O[C@H]1/C=C/[C@@H]1O[C@H]1[C@@H](C)O[Si](c1ccccc1)(c1ccccc1)C(C)(C)C. The van der Waals surface area contributed by atoms with Crippen molar-refractivity contribution < 1.29 is 19.0 Å². The van der Waals surface area contributed by atoms with Crippen molar-refractivity contribution in [3.05, 3.63) is 85.5 Å². The lowest BCUT2D eigenvalue weighted by atomic mass is 10.1. The summed E-state index contributed by atoms with van der Waals surface area (Å²) in [6.45, 7) is 12.6. The molecule has 5 heteroatoms. The molecular weight excluding hydrogens is 416 g/mol. The third-order valence-corrected chi connectivity index (χ3v) is 11.6. The molecule has 0 saturated carbocycles. The lowest BCUT2D eigenvalue weighted by Gasteiger charge is -2.44. The molecule has 2 aromatic rings. The summed E-state index contributed by atoms with van der Waals surface area (Å²) in [7, 11) is -2.60. The van der Waals surface area contributed by atoms with E-state index in [-0.39, 0.29) is 35.6 Å². The minimum atomic E-state index is -2.60. The van der Waals surface area contributed by atoms with Crippen molar-refractivity contribution in [2.75, 3.05) is 0 Å². The molecule has 4 nitrogen and oxygen atoms in total. The van der Waals surface area contributed by atoms with E-state index in [9.17, 15) is 5.11 Å². The molecule has 0 unspecified atom stereocenters. The Balaban J connectivity index is 1.54. The highest BCUT2D eigenvalue weighted by Gasteiger charge is 2.54. The number of benzene rings is 2. The molecule has 0 radical (unpaired) electrons. The van der Waals surface area contributed by atoms with Gasteiger partial charge in [-0.15, -0.1) is 6.58 Å². The Kier molecular flexibility index (Phi) is 6.57. The Morgan fingerprint density at radius 1 is 0.906 bits per heavy atom. The number of rotatable bonds is 9. The van der Waals surface area contributed by atoms with Crippen LogP contribution in [-0.2, 0) is 13.9 Å². The van der Waals surface area contributed by atoms with Gasteiger partial charge in [-0.2, -0.15) is 0 Å². The third kappa shape index (κ3) is 4.54. The second-order valence-corrected chi connectivity index (χ2v) is 14.0. The predicted octanol–water partition coefficient (Wildman–Crippen LogP) is 3.59. The van der Waals surface area contributed by atoms with E-state index in [0.717, 1.165) is 0 Å². The van der Waals surface area contributed by atoms with Crippen molar-refractivity contribution in [3.8, 4) is 0 Å². The quantitative estimate of drug-likeness (QED) is 0.360. The normalized spacial score (nSPS) is 27.2. The van der Waals surface area contributed by atoms with Crippen molar-refractivity contribution in [3.63, 3.8) is 0 Å². The van der Waals surface area contributed by atoms with Gasteiger partial charge in [-0.05, 0) is 22.3 Å². The first-order chi connectivity index (χ1) is 15.3. The van der Waals surface area contributed by atoms with Crippen LogP contribution in [0, 0.1) is 0 Å². The molecule has 2 fully saturated rings. The largest absolute Gasteiger partial charge is 0.402 e. The maximum atomic E-state index is 9.79. The second kappa shape index (κ2) is 9.08. The van der Waals surface area contributed by atoms with Gasteiger partial charge in [0.25, 0.3) is 8.32 Å². The third-order valence-electron chi connectivity index (χ3n) is 6.43. The van der Waals surface area contributed by atoms with Gasteiger partial charge < -0.3 is 19.0 Å². The molecule has 170 valence electrons. The Bertz CT molecular complexity index is 898. The average Bonchev–Trinajstić information content (AvgIpc) is 3.70. The van der Waals surface area contributed by atoms with Crippen molar-refractivity contribution in [2.24, 2.45) is 0 Å². The molecule has 4 rings (SSSR count). The van der Waals surface area contributed by atoms with Crippen LogP contribution in [0.2, 0.25) is 5.04 Å². The van der Waals surface area contributed by atoms with Crippen molar-refractivity contribution in [1.29, 1.82) is 0 Å². The summed E-state index contributed by atoms with van der Waals surface area (Å²) >= 11 is 0. The number of aliphatic hydroxyl groups excluding tert-OH is 1. The second-order valence-electron chi connectivity index (χ2n) is 9.73. The Hall–Kier alpha value is -2.02. The molecule has 6 atom stereocenters. The van der Waals surface area contributed by atoms with Crippen LogP contribution in [0.1, 0.15) is 27.7 Å². The van der Waals surface area contributed by atoms with E-state index < -0.39 is 14.4 Å². The maximum Gasteiger partial charge on any atom is 0.261 e. The summed E-state index contributed by atoms with van der Waals surface area (Å²) in [5, 5.41) is 12.3. The van der Waals surface area contributed by atoms with E-state index in [1.54, 1.807) is 0 Å². The van der Waals surface area contributed by atoms with Crippen LogP contribution in [0.3, 0.4) is 0 Å². The van der Waals surface area contributed by atoms with Gasteiger partial charge in [0.05, 0.1) is 6.10 Å². The van der Waals surface area contributed by atoms with Crippen LogP contribution in [0.4, 0.5) is 0 Å². The van der Waals surface area contributed by atoms with Crippen LogP contribution in [-0.4, -0.2) is 50.0 Å². The number of aliphatic hydroxyl groups is 1. The highest BCUT2D eigenvalue weighted by molar-refractivity contribution is 6.99. The van der Waals surface area contributed by atoms with Gasteiger partial charge in [0.15, 0.2) is 0 Å². The highest BCUT2D eigenvalue weighted by Crippen LogP contribution is 2.40. The zero-order valence-electron chi connectivity index (χ0n) is 19.3. The minimum Gasteiger partial charge on any atom is -0.402 e. The monoisotopic (exact) mass is 450 g/mol. The molecular formula is C27H34O4Si. The fourth-order valence-electron chi connectivity index (χ4n) is 4.62. The van der Waals surface area contributed by atoms with E-state index in [1.807, 2.05) is 12.2 Å². The van der Waals surface area contributed by atoms with Gasteiger partial charge in [0.1, 0.15) is 30.5 Å². The van der Waals surface area contributed by atoms with Gasteiger partial charge in [-0.1, -0.05) is 99.7 Å². The Morgan fingerprint density at radius 2 is 1.38 bits per heavy atom. The maximum absolute atomic E-state index is 9.79. The fourth-order valence-corrected chi connectivity index (χ4v) is 9.33. The first-order valence-electron chi connectivity index (χ1n) is 11.4. The summed E-state index contributed by atoms with van der Waals surface area (Å²) < 4.78 is 18.6. The molecule has 2 saturated heterocycles. The van der Waals surface area contributed by atoms with Crippen molar-refractivity contribution in [2.45, 2.75) is 69.4 Å². The summed E-state index contributed by atoms with van der Waals surface area (Å²) in [5.41, 5.74) is 0. The van der Waals surface area contributed by atoms with Crippen LogP contribution < -0.4 is 10.4 Å². The van der Waals surface area contributed by atoms with Crippen LogP contribution >= 0.6 is 0 Å². The first kappa shape index (κ1) is 23.1. The molecule has 2 aliphatic heterocycles. The molecule has 32 heavy (non-hydrogen) atoms. The topological polar surface area (TPSA) is 54.5 Å².